The Morgan fingerprint density at radius 1 is 1.32 bits per heavy atom. The molecule has 128 valence electrons. The predicted molar refractivity (Wildman–Crippen MR) is 90.0 cm³/mol. The Bertz CT molecular complexity index is 843. The Morgan fingerprint density at radius 2 is 2.16 bits per heavy atom. The van der Waals surface area contributed by atoms with Gasteiger partial charge in [0.2, 0.25) is 12.7 Å². The molecular weight excluding hydrogens is 322 g/mol. The van der Waals surface area contributed by atoms with Gasteiger partial charge in [0.1, 0.15) is 11.4 Å². The summed E-state index contributed by atoms with van der Waals surface area (Å²) >= 11 is 0. The second kappa shape index (κ2) is 5.77. The third-order valence-electron chi connectivity index (χ3n) is 4.48. The SMILES string of the molecule is CC1(C(=O)NCc2ccc3c(c2)OCO3)CC(=O)N=C2C=CC=CN21. The number of nitrogens with zero attached hydrogens (tertiary/aromatic N) is 2. The summed E-state index contributed by atoms with van der Waals surface area (Å²) in [5, 5.41) is 2.91. The highest BCUT2D eigenvalue weighted by Crippen LogP contribution is 2.33. The summed E-state index contributed by atoms with van der Waals surface area (Å²) in [4.78, 5) is 30.5. The van der Waals surface area contributed by atoms with Gasteiger partial charge >= 0.3 is 0 Å². The van der Waals surface area contributed by atoms with E-state index in [2.05, 4.69) is 10.3 Å². The average molecular weight is 339 g/mol. The first kappa shape index (κ1) is 15.4. The van der Waals surface area contributed by atoms with Crippen LogP contribution in [0.2, 0.25) is 0 Å². The smallest absolute Gasteiger partial charge is 0.250 e. The molecule has 0 aliphatic carbocycles. The highest BCUT2D eigenvalue weighted by molar-refractivity contribution is 6.09. The van der Waals surface area contributed by atoms with Gasteiger partial charge in [0.25, 0.3) is 5.91 Å². The topological polar surface area (TPSA) is 80.2 Å². The fourth-order valence-electron chi connectivity index (χ4n) is 3.10. The first-order valence-corrected chi connectivity index (χ1v) is 7.99. The van der Waals surface area contributed by atoms with Gasteiger partial charge in [-0.2, -0.15) is 4.99 Å². The van der Waals surface area contributed by atoms with Gasteiger partial charge in [-0.1, -0.05) is 12.1 Å². The molecule has 0 fully saturated rings. The van der Waals surface area contributed by atoms with Crippen molar-refractivity contribution in [3.05, 3.63) is 48.2 Å². The first-order valence-electron chi connectivity index (χ1n) is 7.99. The molecule has 0 saturated heterocycles. The normalized spacial score (nSPS) is 23.3. The maximum absolute atomic E-state index is 12.9. The number of hydrogen-bond acceptors (Lipinski definition) is 5. The summed E-state index contributed by atoms with van der Waals surface area (Å²) in [5.41, 5.74) is -0.113. The lowest BCUT2D eigenvalue weighted by Gasteiger charge is -2.41. The van der Waals surface area contributed by atoms with Crippen LogP contribution < -0.4 is 14.8 Å². The number of carbonyl (C=O) groups excluding carboxylic acids is 2. The van der Waals surface area contributed by atoms with Gasteiger partial charge in [0, 0.05) is 12.7 Å². The van der Waals surface area contributed by atoms with Crippen molar-refractivity contribution in [1.82, 2.24) is 10.2 Å². The van der Waals surface area contributed by atoms with E-state index in [4.69, 9.17) is 9.47 Å². The zero-order chi connectivity index (χ0) is 17.4. The van der Waals surface area contributed by atoms with Crippen LogP contribution in [0.5, 0.6) is 11.5 Å². The largest absolute Gasteiger partial charge is 0.454 e. The minimum absolute atomic E-state index is 0.0294. The van der Waals surface area contributed by atoms with E-state index in [1.165, 1.54) is 0 Å². The Morgan fingerprint density at radius 3 is 3.04 bits per heavy atom. The summed E-state index contributed by atoms with van der Waals surface area (Å²) < 4.78 is 10.6. The Kier molecular flexibility index (Phi) is 3.56. The molecule has 25 heavy (non-hydrogen) atoms. The van der Waals surface area contributed by atoms with E-state index in [0.717, 1.165) is 5.56 Å². The molecule has 1 N–H and O–H groups in total. The molecule has 3 heterocycles. The van der Waals surface area contributed by atoms with Crippen molar-refractivity contribution in [3.63, 3.8) is 0 Å². The van der Waals surface area contributed by atoms with Gasteiger partial charge < -0.3 is 19.7 Å². The van der Waals surface area contributed by atoms with Crippen molar-refractivity contribution in [1.29, 1.82) is 0 Å². The Labute approximate surface area is 144 Å². The quantitative estimate of drug-likeness (QED) is 0.903. The van der Waals surface area contributed by atoms with E-state index >= 15 is 0 Å². The van der Waals surface area contributed by atoms with Crippen LogP contribution in [-0.4, -0.2) is 34.9 Å². The van der Waals surface area contributed by atoms with E-state index in [1.807, 2.05) is 24.3 Å². The van der Waals surface area contributed by atoms with E-state index in [1.54, 1.807) is 30.2 Å². The maximum Gasteiger partial charge on any atom is 0.250 e. The van der Waals surface area contributed by atoms with Crippen molar-refractivity contribution >= 4 is 17.6 Å². The van der Waals surface area contributed by atoms with Crippen molar-refractivity contribution in [2.24, 2.45) is 4.99 Å². The fraction of sp³-hybridized carbons (Fsp3) is 0.278. The molecule has 2 amide bonds. The minimum Gasteiger partial charge on any atom is -0.454 e. The maximum atomic E-state index is 12.9. The molecular formula is C18H17N3O4. The standard InChI is InChI=1S/C18H17N3O4/c1-18(9-16(22)20-15-4-2-3-7-21(15)18)17(23)19-10-12-5-6-13-14(8-12)25-11-24-13/h2-8H,9-11H2,1H3,(H,19,23). The predicted octanol–water partition coefficient (Wildman–Crippen LogP) is 1.50. The molecule has 4 rings (SSSR count). The number of benzene rings is 1. The monoisotopic (exact) mass is 339 g/mol. The number of amidine groups is 1. The molecule has 0 radical (unpaired) electrons. The highest BCUT2D eigenvalue weighted by atomic mass is 16.7. The van der Waals surface area contributed by atoms with Crippen LogP contribution in [0.3, 0.4) is 0 Å². The molecule has 3 aliphatic heterocycles. The number of rotatable bonds is 3. The van der Waals surface area contributed by atoms with E-state index < -0.39 is 5.54 Å². The Hall–Kier alpha value is -3.09. The minimum atomic E-state index is -1.01. The number of amides is 2. The average Bonchev–Trinajstić information content (AvgIpc) is 3.07. The van der Waals surface area contributed by atoms with Crippen molar-refractivity contribution in [2.75, 3.05) is 6.79 Å². The summed E-state index contributed by atoms with van der Waals surface area (Å²) in [5.74, 6) is 1.33. The molecule has 1 aromatic rings. The number of fused-ring (bicyclic) bond motifs is 2. The summed E-state index contributed by atoms with van der Waals surface area (Å²) in [6.07, 6.45) is 7.13. The second-order valence-electron chi connectivity index (χ2n) is 6.26. The molecule has 0 aromatic heterocycles. The molecule has 0 spiro atoms. The van der Waals surface area contributed by atoms with E-state index in [9.17, 15) is 9.59 Å². The third-order valence-corrected chi connectivity index (χ3v) is 4.48. The number of aliphatic imine (C=N–C) groups is 1. The zero-order valence-corrected chi connectivity index (χ0v) is 13.7. The van der Waals surface area contributed by atoms with Gasteiger partial charge in [-0.05, 0) is 36.8 Å². The Balaban J connectivity index is 1.50. The summed E-state index contributed by atoms with van der Waals surface area (Å²) in [6.45, 7) is 2.29. The van der Waals surface area contributed by atoms with Crippen molar-refractivity contribution < 1.29 is 19.1 Å². The molecule has 7 nitrogen and oxygen atoms in total. The summed E-state index contributed by atoms with van der Waals surface area (Å²) in [7, 11) is 0. The first-order chi connectivity index (χ1) is 12.1. The molecule has 0 saturated carbocycles. The van der Waals surface area contributed by atoms with Gasteiger partial charge in [-0.3, -0.25) is 9.59 Å². The molecule has 1 unspecified atom stereocenters. The molecule has 7 heteroatoms. The molecule has 3 aliphatic rings. The lowest BCUT2D eigenvalue weighted by molar-refractivity contribution is -0.134. The van der Waals surface area contributed by atoms with Gasteiger partial charge in [-0.15, -0.1) is 0 Å². The number of ether oxygens (including phenoxy) is 2. The van der Waals surface area contributed by atoms with E-state index in [-0.39, 0.29) is 25.0 Å². The number of hydrogen-bond donors (Lipinski definition) is 1. The molecule has 1 aromatic carbocycles. The summed E-state index contributed by atoms with van der Waals surface area (Å²) in [6, 6.07) is 5.53. The van der Waals surface area contributed by atoms with Crippen molar-refractivity contribution in [2.45, 2.75) is 25.4 Å². The number of carbonyl (C=O) groups is 2. The van der Waals surface area contributed by atoms with Crippen LogP contribution in [0.15, 0.2) is 47.6 Å². The van der Waals surface area contributed by atoms with Gasteiger partial charge in [0.15, 0.2) is 11.5 Å². The van der Waals surface area contributed by atoms with Crippen LogP contribution >= 0.6 is 0 Å². The van der Waals surface area contributed by atoms with Gasteiger partial charge in [0.05, 0.1) is 6.42 Å². The lowest BCUT2D eigenvalue weighted by atomic mass is 9.91. The highest BCUT2D eigenvalue weighted by Gasteiger charge is 2.45. The van der Waals surface area contributed by atoms with Crippen LogP contribution in [0, 0.1) is 0 Å². The molecule has 0 bridgehead atoms. The van der Waals surface area contributed by atoms with Crippen LogP contribution in [0.25, 0.3) is 0 Å². The van der Waals surface area contributed by atoms with Crippen LogP contribution in [-0.2, 0) is 16.1 Å². The van der Waals surface area contributed by atoms with E-state index in [0.29, 0.717) is 23.9 Å². The third kappa shape index (κ3) is 2.67. The van der Waals surface area contributed by atoms with Crippen LogP contribution in [0.1, 0.15) is 18.9 Å². The zero-order valence-electron chi connectivity index (χ0n) is 13.7. The number of allylic oxidation sites excluding steroid dienone is 2. The fourth-order valence-corrected chi connectivity index (χ4v) is 3.10. The second-order valence-corrected chi connectivity index (χ2v) is 6.26. The molecule has 1 atom stereocenters. The number of nitrogens with one attached hydrogen (secondary N) is 1. The van der Waals surface area contributed by atoms with Crippen LogP contribution in [0.4, 0.5) is 0 Å². The van der Waals surface area contributed by atoms with Crippen molar-refractivity contribution in [3.8, 4) is 11.5 Å². The lowest BCUT2D eigenvalue weighted by Crippen LogP contribution is -2.59. The van der Waals surface area contributed by atoms with Gasteiger partial charge in [-0.25, -0.2) is 0 Å².